The molecule has 0 fully saturated rings. The van der Waals surface area contributed by atoms with Crippen LogP contribution in [0.1, 0.15) is 12.5 Å². The van der Waals surface area contributed by atoms with Crippen LogP contribution in [0.3, 0.4) is 0 Å². The van der Waals surface area contributed by atoms with Crippen LogP contribution in [0.15, 0.2) is 30.3 Å². The van der Waals surface area contributed by atoms with Crippen molar-refractivity contribution < 1.29 is 14.6 Å². The first-order valence-corrected chi connectivity index (χ1v) is 4.13. The van der Waals surface area contributed by atoms with Crippen molar-refractivity contribution in [2.24, 2.45) is 0 Å². The Bertz CT molecular complexity index is 275. The van der Waals surface area contributed by atoms with Gasteiger partial charge in [-0.2, -0.15) is 0 Å². The molecule has 0 bridgehead atoms. The number of carbonyl (C=O) groups is 1. The molecule has 0 saturated heterocycles. The standard InChI is InChI=1S/C10H12O.CH2O2/c1-3-4-9-5-7-10(11-2)8-6-9;2-1-3/h3-8H,1-2H3;1H,(H,2,3)/b4-3+;. The predicted octanol–water partition coefficient (Wildman–Crippen LogP) is 2.43. The first kappa shape index (κ1) is 12.2. The molecule has 0 heterocycles. The number of carboxylic acid groups (broad SMARTS) is 1. The largest absolute Gasteiger partial charge is 0.497 e. The molecule has 76 valence electrons. The summed E-state index contributed by atoms with van der Waals surface area (Å²) in [7, 11) is 1.67. The molecule has 14 heavy (non-hydrogen) atoms. The molecule has 1 aromatic carbocycles. The van der Waals surface area contributed by atoms with E-state index in [0.717, 1.165) is 5.75 Å². The predicted molar refractivity (Wildman–Crippen MR) is 56.4 cm³/mol. The highest BCUT2D eigenvalue weighted by Crippen LogP contribution is 2.11. The van der Waals surface area contributed by atoms with Crippen LogP contribution in [-0.2, 0) is 4.79 Å². The van der Waals surface area contributed by atoms with Gasteiger partial charge in [-0.25, -0.2) is 0 Å². The molecular formula is C11H14O3. The van der Waals surface area contributed by atoms with Crippen LogP contribution in [0, 0.1) is 0 Å². The number of hydrogen-bond acceptors (Lipinski definition) is 2. The van der Waals surface area contributed by atoms with Gasteiger partial charge in [0.05, 0.1) is 7.11 Å². The van der Waals surface area contributed by atoms with E-state index in [1.807, 2.05) is 37.3 Å². The molecular weight excluding hydrogens is 180 g/mol. The van der Waals surface area contributed by atoms with Gasteiger partial charge in [-0.3, -0.25) is 4.79 Å². The molecule has 0 amide bonds. The Hall–Kier alpha value is -1.77. The van der Waals surface area contributed by atoms with Crippen molar-refractivity contribution >= 4 is 12.5 Å². The van der Waals surface area contributed by atoms with Crippen LogP contribution >= 0.6 is 0 Å². The summed E-state index contributed by atoms with van der Waals surface area (Å²) < 4.78 is 5.02. The van der Waals surface area contributed by atoms with Gasteiger partial charge in [0.2, 0.25) is 0 Å². The number of benzene rings is 1. The van der Waals surface area contributed by atoms with Crippen LogP contribution in [0.2, 0.25) is 0 Å². The normalized spacial score (nSPS) is 9.00. The summed E-state index contributed by atoms with van der Waals surface area (Å²) in [6.07, 6.45) is 4.07. The Kier molecular flexibility index (Phi) is 6.86. The smallest absolute Gasteiger partial charge is 0.290 e. The fraction of sp³-hybridized carbons (Fsp3) is 0.182. The first-order valence-electron chi connectivity index (χ1n) is 4.13. The lowest BCUT2D eigenvalue weighted by Gasteiger charge is -1.98. The van der Waals surface area contributed by atoms with E-state index >= 15 is 0 Å². The van der Waals surface area contributed by atoms with Crippen LogP contribution in [-0.4, -0.2) is 18.7 Å². The second kappa shape index (κ2) is 7.86. The summed E-state index contributed by atoms with van der Waals surface area (Å²) in [5.41, 5.74) is 1.20. The van der Waals surface area contributed by atoms with Crippen molar-refractivity contribution in [2.45, 2.75) is 6.92 Å². The highest BCUT2D eigenvalue weighted by molar-refractivity contribution is 5.50. The van der Waals surface area contributed by atoms with Crippen LogP contribution in [0.4, 0.5) is 0 Å². The molecule has 0 aliphatic heterocycles. The van der Waals surface area contributed by atoms with E-state index in [0.29, 0.717) is 0 Å². The van der Waals surface area contributed by atoms with E-state index in [4.69, 9.17) is 14.6 Å². The van der Waals surface area contributed by atoms with Crippen molar-refractivity contribution in [3.8, 4) is 5.75 Å². The highest BCUT2D eigenvalue weighted by Gasteiger charge is 1.87. The molecule has 0 aromatic heterocycles. The quantitative estimate of drug-likeness (QED) is 0.735. The second-order valence-corrected chi connectivity index (χ2v) is 2.38. The lowest BCUT2D eigenvalue weighted by molar-refractivity contribution is -0.122. The molecule has 3 heteroatoms. The lowest BCUT2D eigenvalue weighted by Crippen LogP contribution is -1.80. The third-order valence-electron chi connectivity index (χ3n) is 1.47. The van der Waals surface area contributed by atoms with E-state index in [1.165, 1.54) is 5.56 Å². The van der Waals surface area contributed by atoms with Gasteiger partial charge in [0.1, 0.15) is 5.75 Å². The summed E-state index contributed by atoms with van der Waals surface area (Å²) >= 11 is 0. The van der Waals surface area contributed by atoms with E-state index in [9.17, 15) is 0 Å². The fourth-order valence-corrected chi connectivity index (χ4v) is 0.907. The van der Waals surface area contributed by atoms with E-state index in [1.54, 1.807) is 7.11 Å². The molecule has 0 spiro atoms. The van der Waals surface area contributed by atoms with E-state index < -0.39 is 0 Å². The van der Waals surface area contributed by atoms with Crippen molar-refractivity contribution in [2.75, 3.05) is 7.11 Å². The van der Waals surface area contributed by atoms with Gasteiger partial charge < -0.3 is 9.84 Å². The Balaban J connectivity index is 0.000000500. The van der Waals surface area contributed by atoms with Gasteiger partial charge in [-0.05, 0) is 24.6 Å². The molecule has 0 radical (unpaired) electrons. The van der Waals surface area contributed by atoms with E-state index in [2.05, 4.69) is 6.08 Å². The maximum Gasteiger partial charge on any atom is 0.290 e. The van der Waals surface area contributed by atoms with E-state index in [-0.39, 0.29) is 6.47 Å². The fourth-order valence-electron chi connectivity index (χ4n) is 0.907. The number of methoxy groups -OCH3 is 1. The van der Waals surface area contributed by atoms with Gasteiger partial charge >= 0.3 is 0 Å². The van der Waals surface area contributed by atoms with Gasteiger partial charge in [-0.15, -0.1) is 0 Å². The molecule has 0 saturated carbocycles. The lowest BCUT2D eigenvalue weighted by atomic mass is 10.2. The Labute approximate surface area is 83.6 Å². The minimum absolute atomic E-state index is 0.250. The maximum absolute atomic E-state index is 8.36. The summed E-state index contributed by atoms with van der Waals surface area (Å²) in [6.45, 7) is 1.75. The summed E-state index contributed by atoms with van der Waals surface area (Å²) in [5.74, 6) is 0.901. The van der Waals surface area contributed by atoms with Gasteiger partial charge in [0.15, 0.2) is 0 Å². The molecule has 1 N–H and O–H groups in total. The van der Waals surface area contributed by atoms with Crippen LogP contribution in [0.5, 0.6) is 5.75 Å². The molecule has 1 aromatic rings. The Morgan fingerprint density at radius 3 is 2.14 bits per heavy atom. The minimum Gasteiger partial charge on any atom is -0.497 e. The first-order chi connectivity index (χ1) is 6.78. The molecule has 0 unspecified atom stereocenters. The minimum atomic E-state index is -0.250. The van der Waals surface area contributed by atoms with Crippen molar-refractivity contribution in [1.29, 1.82) is 0 Å². The third kappa shape index (κ3) is 4.98. The highest BCUT2D eigenvalue weighted by atomic mass is 16.5. The average Bonchev–Trinajstić information content (AvgIpc) is 2.21. The zero-order valence-corrected chi connectivity index (χ0v) is 8.31. The van der Waals surface area contributed by atoms with Gasteiger partial charge in [-0.1, -0.05) is 24.3 Å². The van der Waals surface area contributed by atoms with Crippen LogP contribution < -0.4 is 4.74 Å². The third-order valence-corrected chi connectivity index (χ3v) is 1.47. The number of hydrogen-bond donors (Lipinski definition) is 1. The summed E-state index contributed by atoms with van der Waals surface area (Å²) in [5, 5.41) is 6.89. The molecule has 1 rings (SSSR count). The van der Waals surface area contributed by atoms with Gasteiger partial charge in [0.25, 0.3) is 6.47 Å². The zero-order valence-electron chi connectivity index (χ0n) is 8.31. The topological polar surface area (TPSA) is 46.5 Å². The van der Waals surface area contributed by atoms with Gasteiger partial charge in [0, 0.05) is 0 Å². The maximum atomic E-state index is 8.36. The molecule has 0 aliphatic carbocycles. The zero-order chi connectivity index (χ0) is 10.8. The number of ether oxygens (including phenoxy) is 1. The number of allylic oxidation sites excluding steroid dienone is 1. The average molecular weight is 194 g/mol. The molecule has 0 atom stereocenters. The number of rotatable bonds is 2. The Morgan fingerprint density at radius 2 is 1.79 bits per heavy atom. The SMILES string of the molecule is C/C=C/c1ccc(OC)cc1.O=CO. The van der Waals surface area contributed by atoms with Crippen molar-refractivity contribution in [1.82, 2.24) is 0 Å². The van der Waals surface area contributed by atoms with Crippen molar-refractivity contribution in [3.63, 3.8) is 0 Å². The summed E-state index contributed by atoms with van der Waals surface area (Å²) in [4.78, 5) is 8.36. The molecule has 3 nitrogen and oxygen atoms in total. The van der Waals surface area contributed by atoms with Crippen LogP contribution in [0.25, 0.3) is 6.08 Å². The van der Waals surface area contributed by atoms with Crippen molar-refractivity contribution in [3.05, 3.63) is 35.9 Å². The Morgan fingerprint density at radius 1 is 1.29 bits per heavy atom. The monoisotopic (exact) mass is 194 g/mol. The summed E-state index contributed by atoms with van der Waals surface area (Å²) in [6, 6.07) is 7.96. The molecule has 0 aliphatic rings. The second-order valence-electron chi connectivity index (χ2n) is 2.38.